The minimum Gasteiger partial charge on any atom is -0.316 e. The number of thioether (sulfide) groups is 1. The van der Waals surface area contributed by atoms with Gasteiger partial charge in [0.15, 0.2) is 0 Å². The summed E-state index contributed by atoms with van der Waals surface area (Å²) < 4.78 is 26.9. The van der Waals surface area contributed by atoms with Crippen molar-refractivity contribution in [3.8, 4) is 0 Å². The molecular formula is C12H18N2O2S2. The van der Waals surface area contributed by atoms with Crippen LogP contribution < -0.4 is 10.0 Å². The third kappa shape index (κ3) is 3.47. The van der Waals surface area contributed by atoms with E-state index in [1.807, 2.05) is 12.3 Å². The van der Waals surface area contributed by atoms with Crippen LogP contribution in [0.3, 0.4) is 0 Å². The van der Waals surface area contributed by atoms with E-state index in [2.05, 4.69) is 10.0 Å². The Morgan fingerprint density at radius 1 is 1.50 bits per heavy atom. The molecule has 1 aliphatic heterocycles. The van der Waals surface area contributed by atoms with Gasteiger partial charge in [0.2, 0.25) is 10.0 Å². The molecule has 0 aliphatic carbocycles. The van der Waals surface area contributed by atoms with Crippen LogP contribution in [0.15, 0.2) is 34.1 Å². The summed E-state index contributed by atoms with van der Waals surface area (Å²) in [6.07, 6.45) is 2.97. The normalized spacial score (nSPS) is 20.2. The number of rotatable bonds is 5. The number of nitrogens with one attached hydrogen (secondary N) is 2. The third-order valence-electron chi connectivity index (χ3n) is 3.08. The van der Waals surface area contributed by atoms with E-state index < -0.39 is 10.0 Å². The second-order valence-corrected chi connectivity index (χ2v) is 7.04. The SMILES string of the molecule is CSc1cccc(S(=O)(=O)NCC2CCNC2)c1. The van der Waals surface area contributed by atoms with Crippen LogP contribution in [0.4, 0.5) is 0 Å². The molecule has 0 amide bonds. The average Bonchev–Trinajstić information content (AvgIpc) is 2.90. The summed E-state index contributed by atoms with van der Waals surface area (Å²) >= 11 is 1.54. The standard InChI is InChI=1S/C12H18N2O2S2/c1-17-11-3-2-4-12(7-11)18(15,16)14-9-10-5-6-13-8-10/h2-4,7,10,13-14H,5-6,8-9H2,1H3. The van der Waals surface area contributed by atoms with Crippen molar-refractivity contribution in [3.05, 3.63) is 24.3 Å². The van der Waals surface area contributed by atoms with E-state index in [0.29, 0.717) is 17.4 Å². The molecule has 2 N–H and O–H groups in total. The molecule has 4 nitrogen and oxygen atoms in total. The molecule has 0 bridgehead atoms. The van der Waals surface area contributed by atoms with Gasteiger partial charge >= 0.3 is 0 Å². The summed E-state index contributed by atoms with van der Waals surface area (Å²) in [6, 6.07) is 7.02. The van der Waals surface area contributed by atoms with Crippen molar-refractivity contribution in [2.24, 2.45) is 5.92 Å². The van der Waals surface area contributed by atoms with Crippen molar-refractivity contribution >= 4 is 21.8 Å². The molecule has 1 atom stereocenters. The fraction of sp³-hybridized carbons (Fsp3) is 0.500. The Labute approximate surface area is 113 Å². The molecule has 100 valence electrons. The van der Waals surface area contributed by atoms with Crippen LogP contribution in [0, 0.1) is 5.92 Å². The fourth-order valence-corrected chi connectivity index (χ4v) is 3.66. The molecule has 18 heavy (non-hydrogen) atoms. The van der Waals surface area contributed by atoms with Crippen LogP contribution in [0.2, 0.25) is 0 Å². The maximum atomic E-state index is 12.1. The first kappa shape index (κ1) is 13.9. The van der Waals surface area contributed by atoms with Crippen LogP contribution in [0.5, 0.6) is 0 Å². The highest BCUT2D eigenvalue weighted by Crippen LogP contribution is 2.19. The first-order valence-corrected chi connectivity index (χ1v) is 8.67. The lowest BCUT2D eigenvalue weighted by Gasteiger charge is -2.11. The smallest absolute Gasteiger partial charge is 0.240 e. The van der Waals surface area contributed by atoms with Gasteiger partial charge in [-0.1, -0.05) is 6.07 Å². The molecule has 1 unspecified atom stereocenters. The van der Waals surface area contributed by atoms with E-state index >= 15 is 0 Å². The van der Waals surface area contributed by atoms with E-state index in [9.17, 15) is 8.42 Å². The quantitative estimate of drug-likeness (QED) is 0.801. The Balaban J connectivity index is 2.04. The van der Waals surface area contributed by atoms with Crippen LogP contribution in [0.1, 0.15) is 6.42 Å². The maximum Gasteiger partial charge on any atom is 0.240 e. The molecule has 0 aromatic heterocycles. The summed E-state index contributed by atoms with van der Waals surface area (Å²) in [4.78, 5) is 1.31. The van der Waals surface area contributed by atoms with Crippen molar-refractivity contribution < 1.29 is 8.42 Å². The Bertz CT molecular complexity index is 497. The summed E-state index contributed by atoms with van der Waals surface area (Å²) in [5.74, 6) is 0.406. The highest BCUT2D eigenvalue weighted by molar-refractivity contribution is 7.98. The molecule has 1 saturated heterocycles. The zero-order valence-electron chi connectivity index (χ0n) is 10.3. The van der Waals surface area contributed by atoms with Crippen molar-refractivity contribution in [3.63, 3.8) is 0 Å². The van der Waals surface area contributed by atoms with E-state index in [-0.39, 0.29) is 0 Å². The largest absolute Gasteiger partial charge is 0.316 e. The van der Waals surface area contributed by atoms with Crippen molar-refractivity contribution in [1.29, 1.82) is 0 Å². The Morgan fingerprint density at radius 2 is 2.33 bits per heavy atom. The van der Waals surface area contributed by atoms with Crippen LogP contribution in [0.25, 0.3) is 0 Å². The number of hydrogen-bond acceptors (Lipinski definition) is 4. The van der Waals surface area contributed by atoms with Crippen LogP contribution in [-0.4, -0.2) is 34.3 Å². The summed E-state index contributed by atoms with van der Waals surface area (Å²) in [5, 5.41) is 3.23. The van der Waals surface area contributed by atoms with Gasteiger partial charge in [-0.05, 0) is 49.9 Å². The zero-order chi connectivity index (χ0) is 13.0. The van der Waals surface area contributed by atoms with Gasteiger partial charge in [-0.15, -0.1) is 11.8 Å². The van der Waals surface area contributed by atoms with E-state index in [1.165, 1.54) is 0 Å². The van der Waals surface area contributed by atoms with E-state index in [4.69, 9.17) is 0 Å². The Kier molecular flexibility index (Phi) is 4.66. The highest BCUT2D eigenvalue weighted by Gasteiger charge is 2.19. The van der Waals surface area contributed by atoms with Crippen LogP contribution >= 0.6 is 11.8 Å². The predicted octanol–water partition coefficient (Wildman–Crippen LogP) is 1.30. The molecule has 0 saturated carbocycles. The van der Waals surface area contributed by atoms with Gasteiger partial charge in [0.1, 0.15) is 0 Å². The highest BCUT2D eigenvalue weighted by atomic mass is 32.2. The number of hydrogen-bond donors (Lipinski definition) is 2. The molecule has 6 heteroatoms. The lowest BCUT2D eigenvalue weighted by Crippen LogP contribution is -2.30. The monoisotopic (exact) mass is 286 g/mol. The van der Waals surface area contributed by atoms with Gasteiger partial charge in [0.25, 0.3) is 0 Å². The second-order valence-electron chi connectivity index (χ2n) is 4.39. The minimum atomic E-state index is -3.37. The maximum absolute atomic E-state index is 12.1. The predicted molar refractivity (Wildman–Crippen MR) is 74.4 cm³/mol. The average molecular weight is 286 g/mol. The first-order chi connectivity index (χ1) is 8.62. The molecule has 2 rings (SSSR count). The van der Waals surface area contributed by atoms with Crippen LogP contribution in [-0.2, 0) is 10.0 Å². The van der Waals surface area contributed by atoms with E-state index in [0.717, 1.165) is 24.4 Å². The summed E-state index contributed by atoms with van der Waals surface area (Å²) in [6.45, 7) is 2.39. The zero-order valence-corrected chi connectivity index (χ0v) is 12.0. The van der Waals surface area contributed by atoms with Gasteiger partial charge < -0.3 is 5.32 Å². The van der Waals surface area contributed by atoms with Gasteiger partial charge in [0, 0.05) is 11.4 Å². The molecule has 0 radical (unpaired) electrons. The third-order valence-corrected chi connectivity index (χ3v) is 5.22. The molecule has 1 aromatic carbocycles. The van der Waals surface area contributed by atoms with Gasteiger partial charge in [-0.3, -0.25) is 0 Å². The summed E-state index contributed by atoms with van der Waals surface area (Å²) in [7, 11) is -3.37. The molecule has 1 aliphatic rings. The molecule has 0 spiro atoms. The van der Waals surface area contributed by atoms with Gasteiger partial charge in [-0.2, -0.15) is 0 Å². The second kappa shape index (κ2) is 6.06. The van der Waals surface area contributed by atoms with Gasteiger partial charge in [0.05, 0.1) is 4.90 Å². The van der Waals surface area contributed by atoms with Gasteiger partial charge in [-0.25, -0.2) is 13.1 Å². The summed E-state index contributed by atoms with van der Waals surface area (Å²) in [5.41, 5.74) is 0. The number of benzene rings is 1. The Morgan fingerprint density at radius 3 is 3.00 bits per heavy atom. The minimum absolute atomic E-state index is 0.348. The topological polar surface area (TPSA) is 58.2 Å². The van der Waals surface area contributed by atoms with Crippen molar-refractivity contribution in [2.45, 2.75) is 16.2 Å². The molecule has 1 aromatic rings. The molecular weight excluding hydrogens is 268 g/mol. The lowest BCUT2D eigenvalue weighted by atomic mass is 10.1. The molecule has 1 fully saturated rings. The number of sulfonamides is 1. The van der Waals surface area contributed by atoms with Crippen molar-refractivity contribution in [2.75, 3.05) is 25.9 Å². The van der Waals surface area contributed by atoms with Crippen molar-refractivity contribution in [1.82, 2.24) is 10.0 Å². The Hall–Kier alpha value is -0.560. The van der Waals surface area contributed by atoms with E-state index in [1.54, 1.807) is 30.0 Å². The fourth-order valence-electron chi connectivity index (χ4n) is 1.97. The molecule has 1 heterocycles. The first-order valence-electron chi connectivity index (χ1n) is 5.96. The lowest BCUT2D eigenvalue weighted by molar-refractivity contribution is 0.538.